The highest BCUT2D eigenvalue weighted by molar-refractivity contribution is 5.07. The first-order chi connectivity index (χ1) is 6.05. The first-order valence-corrected chi connectivity index (χ1v) is 5.72. The lowest BCUT2D eigenvalue weighted by atomic mass is 9.78. The molecule has 0 aromatic heterocycles. The van der Waals surface area contributed by atoms with Gasteiger partial charge in [0.1, 0.15) is 0 Å². The summed E-state index contributed by atoms with van der Waals surface area (Å²) in [5.41, 5.74) is 2.26. The Labute approximate surface area is 90.8 Å². The SMILES string of the molecule is CC(=CCC(C)C(C)(C)C)C(C)(C)C. The summed E-state index contributed by atoms with van der Waals surface area (Å²) in [7, 11) is 0. The van der Waals surface area contributed by atoms with E-state index in [0.717, 1.165) is 5.92 Å². The Hall–Kier alpha value is -0.260. The van der Waals surface area contributed by atoms with E-state index in [4.69, 9.17) is 0 Å². The van der Waals surface area contributed by atoms with Crippen LogP contribution in [0.3, 0.4) is 0 Å². The van der Waals surface area contributed by atoms with Crippen LogP contribution >= 0.6 is 0 Å². The Bertz CT molecular complexity index is 195. The highest BCUT2D eigenvalue weighted by Gasteiger charge is 2.19. The molecule has 0 aromatic carbocycles. The lowest BCUT2D eigenvalue weighted by Crippen LogP contribution is -2.17. The molecule has 14 heavy (non-hydrogen) atoms. The molecule has 1 atom stereocenters. The molecule has 0 nitrogen and oxygen atoms in total. The molecule has 0 spiro atoms. The van der Waals surface area contributed by atoms with Gasteiger partial charge in [-0.15, -0.1) is 0 Å². The van der Waals surface area contributed by atoms with E-state index in [9.17, 15) is 0 Å². The van der Waals surface area contributed by atoms with Gasteiger partial charge in [0.25, 0.3) is 0 Å². The third-order valence-electron chi connectivity index (χ3n) is 3.44. The van der Waals surface area contributed by atoms with E-state index in [1.54, 1.807) is 0 Å². The largest absolute Gasteiger partial charge is 0.0848 e. The van der Waals surface area contributed by atoms with Crippen LogP contribution in [0.2, 0.25) is 0 Å². The average Bonchev–Trinajstić information content (AvgIpc) is 1.95. The van der Waals surface area contributed by atoms with Gasteiger partial charge in [-0.1, -0.05) is 60.1 Å². The second-order valence-corrected chi connectivity index (χ2v) is 6.64. The predicted molar refractivity (Wildman–Crippen MR) is 66.4 cm³/mol. The van der Waals surface area contributed by atoms with Crippen molar-refractivity contribution in [3.8, 4) is 0 Å². The third kappa shape index (κ3) is 4.83. The van der Waals surface area contributed by atoms with E-state index in [0.29, 0.717) is 10.8 Å². The Morgan fingerprint density at radius 3 is 1.79 bits per heavy atom. The maximum atomic E-state index is 2.41. The second-order valence-electron chi connectivity index (χ2n) is 6.64. The quantitative estimate of drug-likeness (QED) is 0.542. The molecule has 0 aliphatic heterocycles. The fourth-order valence-corrected chi connectivity index (χ4v) is 1.01. The molecule has 0 rings (SSSR count). The Morgan fingerprint density at radius 1 is 1.07 bits per heavy atom. The standard InChI is InChI=1S/C14H28/c1-11(13(3,4)5)9-10-12(2)14(6,7)8/h9,12H,10H2,1-8H3. The van der Waals surface area contributed by atoms with Crippen molar-refractivity contribution in [3.05, 3.63) is 11.6 Å². The molecule has 0 radical (unpaired) electrons. The normalized spacial score (nSPS) is 17.0. The van der Waals surface area contributed by atoms with E-state index in [1.165, 1.54) is 12.0 Å². The van der Waals surface area contributed by atoms with Gasteiger partial charge in [-0.05, 0) is 30.1 Å². The molecule has 0 saturated carbocycles. The number of allylic oxidation sites excluding steroid dienone is 2. The van der Waals surface area contributed by atoms with Gasteiger partial charge >= 0.3 is 0 Å². The van der Waals surface area contributed by atoms with Crippen LogP contribution in [-0.2, 0) is 0 Å². The molecular weight excluding hydrogens is 168 g/mol. The van der Waals surface area contributed by atoms with Gasteiger partial charge in [0.2, 0.25) is 0 Å². The van der Waals surface area contributed by atoms with Gasteiger partial charge in [0, 0.05) is 0 Å². The third-order valence-corrected chi connectivity index (χ3v) is 3.44. The molecule has 0 saturated heterocycles. The van der Waals surface area contributed by atoms with Crippen LogP contribution in [0.15, 0.2) is 11.6 Å². The lowest BCUT2D eigenvalue weighted by molar-refractivity contribution is 0.263. The Balaban J connectivity index is 4.31. The molecule has 0 heteroatoms. The summed E-state index contributed by atoms with van der Waals surface area (Å²) in [6.45, 7) is 18.4. The molecule has 0 amide bonds. The first kappa shape index (κ1) is 13.7. The first-order valence-electron chi connectivity index (χ1n) is 5.72. The molecule has 0 heterocycles. The number of hydrogen-bond acceptors (Lipinski definition) is 0. The molecule has 1 unspecified atom stereocenters. The monoisotopic (exact) mass is 196 g/mol. The molecule has 0 aliphatic carbocycles. The van der Waals surface area contributed by atoms with Gasteiger partial charge in [-0.3, -0.25) is 0 Å². The van der Waals surface area contributed by atoms with E-state index in [2.05, 4.69) is 61.5 Å². The minimum atomic E-state index is 0.331. The highest BCUT2D eigenvalue weighted by Crippen LogP contribution is 2.31. The minimum Gasteiger partial charge on any atom is -0.0848 e. The topological polar surface area (TPSA) is 0 Å². The summed E-state index contributed by atoms with van der Waals surface area (Å²) in [6.07, 6.45) is 3.61. The fraction of sp³-hybridized carbons (Fsp3) is 0.857. The maximum absolute atomic E-state index is 2.41. The van der Waals surface area contributed by atoms with E-state index >= 15 is 0 Å². The zero-order chi connectivity index (χ0) is 11.6. The summed E-state index contributed by atoms with van der Waals surface area (Å²) < 4.78 is 0. The van der Waals surface area contributed by atoms with Crippen LogP contribution in [0.4, 0.5) is 0 Å². The van der Waals surface area contributed by atoms with Crippen LogP contribution in [0.25, 0.3) is 0 Å². The molecule has 84 valence electrons. The van der Waals surface area contributed by atoms with Crippen molar-refractivity contribution in [1.82, 2.24) is 0 Å². The van der Waals surface area contributed by atoms with Gasteiger partial charge in [0.15, 0.2) is 0 Å². The molecule has 0 fully saturated rings. The van der Waals surface area contributed by atoms with Crippen LogP contribution in [0.5, 0.6) is 0 Å². The lowest BCUT2D eigenvalue weighted by Gasteiger charge is -2.27. The van der Waals surface area contributed by atoms with Crippen LogP contribution in [0.1, 0.15) is 61.8 Å². The smallest absolute Gasteiger partial charge is 0.0176 e. The minimum absolute atomic E-state index is 0.331. The van der Waals surface area contributed by atoms with Gasteiger partial charge < -0.3 is 0 Å². The molecular formula is C14H28. The van der Waals surface area contributed by atoms with Crippen molar-refractivity contribution in [2.75, 3.05) is 0 Å². The molecule has 0 aliphatic rings. The summed E-state index contributed by atoms with van der Waals surface area (Å²) >= 11 is 0. The predicted octanol–water partition coefficient (Wildman–Crippen LogP) is 5.05. The van der Waals surface area contributed by atoms with Crippen molar-refractivity contribution in [3.63, 3.8) is 0 Å². The summed E-state index contributed by atoms with van der Waals surface area (Å²) in [5, 5.41) is 0. The average molecular weight is 196 g/mol. The Morgan fingerprint density at radius 2 is 1.50 bits per heavy atom. The van der Waals surface area contributed by atoms with Crippen LogP contribution in [0, 0.1) is 16.7 Å². The van der Waals surface area contributed by atoms with Gasteiger partial charge in [-0.2, -0.15) is 0 Å². The summed E-state index contributed by atoms with van der Waals surface area (Å²) in [4.78, 5) is 0. The number of rotatable bonds is 2. The number of hydrogen-bond donors (Lipinski definition) is 0. The molecule has 0 bridgehead atoms. The summed E-state index contributed by atoms with van der Waals surface area (Å²) in [6, 6.07) is 0. The maximum Gasteiger partial charge on any atom is -0.0176 e. The van der Waals surface area contributed by atoms with Crippen molar-refractivity contribution in [2.24, 2.45) is 16.7 Å². The van der Waals surface area contributed by atoms with Crippen LogP contribution in [-0.4, -0.2) is 0 Å². The molecule has 0 aromatic rings. The zero-order valence-corrected chi connectivity index (χ0v) is 11.4. The second kappa shape index (κ2) is 4.51. The van der Waals surface area contributed by atoms with Crippen molar-refractivity contribution >= 4 is 0 Å². The fourth-order valence-electron chi connectivity index (χ4n) is 1.01. The van der Waals surface area contributed by atoms with Crippen molar-refractivity contribution < 1.29 is 0 Å². The van der Waals surface area contributed by atoms with Gasteiger partial charge in [0.05, 0.1) is 0 Å². The van der Waals surface area contributed by atoms with Crippen LogP contribution < -0.4 is 0 Å². The van der Waals surface area contributed by atoms with E-state index < -0.39 is 0 Å². The van der Waals surface area contributed by atoms with Gasteiger partial charge in [-0.25, -0.2) is 0 Å². The Kier molecular flexibility index (Phi) is 4.42. The van der Waals surface area contributed by atoms with E-state index in [-0.39, 0.29) is 0 Å². The zero-order valence-electron chi connectivity index (χ0n) is 11.4. The summed E-state index contributed by atoms with van der Waals surface area (Å²) in [5.74, 6) is 0.750. The van der Waals surface area contributed by atoms with Crippen molar-refractivity contribution in [1.29, 1.82) is 0 Å². The van der Waals surface area contributed by atoms with Crippen molar-refractivity contribution in [2.45, 2.75) is 61.8 Å². The highest BCUT2D eigenvalue weighted by atomic mass is 14.2. The van der Waals surface area contributed by atoms with E-state index in [1.807, 2.05) is 0 Å². The molecule has 0 N–H and O–H groups in total.